The number of aromatic nitrogens is 7. The highest BCUT2D eigenvalue weighted by Gasteiger charge is 2.13. The number of nitrogens with zero attached hydrogens (tertiary/aromatic N) is 7. The number of hydrogen-bond donors (Lipinski definition) is 1. The molecule has 27 heavy (non-hydrogen) atoms. The molecule has 0 aliphatic rings. The number of carbonyl (C=O) groups excluding carboxylic acids is 1. The summed E-state index contributed by atoms with van der Waals surface area (Å²) in [6.07, 6.45) is 6.31. The lowest BCUT2D eigenvalue weighted by molar-refractivity contribution is 0.0944. The van der Waals surface area contributed by atoms with Crippen LogP contribution in [0, 0.1) is 0 Å². The van der Waals surface area contributed by atoms with E-state index in [-0.39, 0.29) is 11.6 Å². The van der Waals surface area contributed by atoms with E-state index in [4.69, 9.17) is 0 Å². The second-order valence-corrected chi connectivity index (χ2v) is 5.77. The van der Waals surface area contributed by atoms with Crippen LogP contribution < -0.4 is 5.32 Å². The standard InChI is InChI=1S/C18H16N8O/c1-25-14(9-15(23-25)16-11-19-7-8-20-16)10-21-18(27)17-12-22-26(24-17)13-5-3-2-4-6-13/h2-9,11-12H,10H2,1H3,(H,21,27). The Morgan fingerprint density at radius 3 is 2.70 bits per heavy atom. The van der Waals surface area contributed by atoms with Gasteiger partial charge in [0.1, 0.15) is 11.4 Å². The number of carbonyl (C=O) groups is 1. The van der Waals surface area contributed by atoms with Gasteiger partial charge in [-0.1, -0.05) is 18.2 Å². The van der Waals surface area contributed by atoms with Gasteiger partial charge in [-0.3, -0.25) is 19.4 Å². The minimum absolute atomic E-state index is 0.246. The molecule has 1 N–H and O–H groups in total. The molecule has 4 rings (SSSR count). The first-order valence-corrected chi connectivity index (χ1v) is 8.26. The van der Waals surface area contributed by atoms with Gasteiger partial charge in [-0.2, -0.15) is 15.0 Å². The Morgan fingerprint density at radius 1 is 1.07 bits per heavy atom. The van der Waals surface area contributed by atoms with Gasteiger partial charge < -0.3 is 5.32 Å². The Balaban J connectivity index is 1.44. The SMILES string of the molecule is Cn1nc(-c2cnccn2)cc1CNC(=O)c1cnn(-c2ccccc2)n1. The fourth-order valence-corrected chi connectivity index (χ4v) is 2.54. The average molecular weight is 360 g/mol. The van der Waals surface area contributed by atoms with Gasteiger partial charge in [-0.25, -0.2) is 0 Å². The minimum Gasteiger partial charge on any atom is -0.345 e. The number of nitrogens with one attached hydrogen (secondary N) is 1. The number of rotatable bonds is 5. The average Bonchev–Trinajstić information content (AvgIpc) is 3.35. The number of amides is 1. The second-order valence-electron chi connectivity index (χ2n) is 5.77. The van der Waals surface area contributed by atoms with E-state index in [9.17, 15) is 4.79 Å². The van der Waals surface area contributed by atoms with Gasteiger partial charge in [-0.05, 0) is 18.2 Å². The third kappa shape index (κ3) is 3.56. The van der Waals surface area contributed by atoms with Crippen LogP contribution in [0.3, 0.4) is 0 Å². The summed E-state index contributed by atoms with van der Waals surface area (Å²) in [4.78, 5) is 22.1. The second kappa shape index (κ2) is 7.16. The molecule has 3 aromatic heterocycles. The highest BCUT2D eigenvalue weighted by molar-refractivity contribution is 5.91. The number of benzene rings is 1. The summed E-state index contributed by atoms with van der Waals surface area (Å²) in [5.41, 5.74) is 3.24. The van der Waals surface area contributed by atoms with Crippen molar-refractivity contribution in [2.75, 3.05) is 0 Å². The molecule has 9 nitrogen and oxygen atoms in total. The number of para-hydroxylation sites is 1. The summed E-state index contributed by atoms with van der Waals surface area (Å²) >= 11 is 0. The van der Waals surface area contributed by atoms with Crippen LogP contribution in [0.25, 0.3) is 17.1 Å². The van der Waals surface area contributed by atoms with E-state index in [1.165, 1.54) is 11.0 Å². The molecule has 0 spiro atoms. The third-order valence-corrected chi connectivity index (χ3v) is 3.94. The fraction of sp³-hybridized carbons (Fsp3) is 0.111. The first-order chi connectivity index (χ1) is 13.2. The van der Waals surface area contributed by atoms with Crippen molar-refractivity contribution in [3.63, 3.8) is 0 Å². The van der Waals surface area contributed by atoms with Crippen molar-refractivity contribution in [2.45, 2.75) is 6.54 Å². The first kappa shape index (κ1) is 16.6. The molecule has 4 aromatic rings. The predicted molar refractivity (Wildman–Crippen MR) is 96.8 cm³/mol. The first-order valence-electron chi connectivity index (χ1n) is 8.26. The molecule has 0 saturated heterocycles. The lowest BCUT2D eigenvalue weighted by Gasteiger charge is -2.03. The molecular formula is C18H16N8O. The summed E-state index contributed by atoms with van der Waals surface area (Å²) in [7, 11) is 1.81. The smallest absolute Gasteiger partial charge is 0.273 e. The van der Waals surface area contributed by atoms with Gasteiger partial charge in [0.2, 0.25) is 0 Å². The number of aryl methyl sites for hydroxylation is 1. The van der Waals surface area contributed by atoms with Gasteiger partial charge in [0.15, 0.2) is 5.69 Å². The molecule has 0 atom stereocenters. The Bertz CT molecular complexity index is 1060. The third-order valence-electron chi connectivity index (χ3n) is 3.94. The molecule has 9 heteroatoms. The monoisotopic (exact) mass is 360 g/mol. The van der Waals surface area contributed by atoms with E-state index >= 15 is 0 Å². The molecule has 134 valence electrons. The van der Waals surface area contributed by atoms with Gasteiger partial charge in [0.05, 0.1) is 30.3 Å². The Kier molecular flexibility index (Phi) is 4.40. The van der Waals surface area contributed by atoms with Crippen molar-refractivity contribution in [2.24, 2.45) is 7.05 Å². The van der Waals surface area contributed by atoms with E-state index < -0.39 is 0 Å². The summed E-state index contributed by atoms with van der Waals surface area (Å²) in [6.45, 7) is 0.306. The van der Waals surface area contributed by atoms with Crippen LogP contribution in [0.15, 0.2) is 61.2 Å². The van der Waals surface area contributed by atoms with Crippen molar-refractivity contribution in [3.8, 4) is 17.1 Å². The number of hydrogen-bond acceptors (Lipinski definition) is 6. The molecule has 3 heterocycles. The molecule has 0 aliphatic carbocycles. The van der Waals surface area contributed by atoms with E-state index in [1.54, 1.807) is 23.3 Å². The van der Waals surface area contributed by atoms with Crippen molar-refractivity contribution in [1.82, 2.24) is 40.1 Å². The molecule has 0 aliphatic heterocycles. The lowest BCUT2D eigenvalue weighted by Crippen LogP contribution is -2.24. The van der Waals surface area contributed by atoms with Gasteiger partial charge >= 0.3 is 0 Å². The molecule has 0 radical (unpaired) electrons. The van der Waals surface area contributed by atoms with Crippen LogP contribution in [0.2, 0.25) is 0 Å². The van der Waals surface area contributed by atoms with Gasteiger partial charge in [-0.15, -0.1) is 5.10 Å². The molecular weight excluding hydrogens is 344 g/mol. The molecule has 0 unspecified atom stereocenters. The van der Waals surface area contributed by atoms with Crippen molar-refractivity contribution >= 4 is 5.91 Å². The van der Waals surface area contributed by atoms with Crippen LogP contribution in [0.1, 0.15) is 16.2 Å². The van der Waals surface area contributed by atoms with Gasteiger partial charge in [0.25, 0.3) is 5.91 Å². The largest absolute Gasteiger partial charge is 0.345 e. The summed E-state index contributed by atoms with van der Waals surface area (Å²) in [5.74, 6) is -0.306. The van der Waals surface area contributed by atoms with Crippen LogP contribution in [0.5, 0.6) is 0 Å². The Morgan fingerprint density at radius 2 is 1.93 bits per heavy atom. The maximum Gasteiger partial charge on any atom is 0.273 e. The van der Waals surface area contributed by atoms with Crippen LogP contribution in [-0.4, -0.2) is 40.6 Å². The molecule has 0 fully saturated rings. The molecule has 0 bridgehead atoms. The normalized spacial score (nSPS) is 10.7. The van der Waals surface area contributed by atoms with E-state index in [2.05, 4.69) is 30.6 Å². The molecule has 0 saturated carbocycles. The summed E-state index contributed by atoms with van der Waals surface area (Å²) in [6, 6.07) is 11.3. The minimum atomic E-state index is -0.306. The quantitative estimate of drug-likeness (QED) is 0.577. The van der Waals surface area contributed by atoms with Crippen molar-refractivity contribution in [1.29, 1.82) is 0 Å². The maximum atomic E-state index is 12.4. The van der Waals surface area contributed by atoms with Crippen LogP contribution in [-0.2, 0) is 13.6 Å². The highest BCUT2D eigenvalue weighted by Crippen LogP contribution is 2.15. The van der Waals surface area contributed by atoms with Crippen LogP contribution >= 0.6 is 0 Å². The fourth-order valence-electron chi connectivity index (χ4n) is 2.54. The van der Waals surface area contributed by atoms with E-state index in [1.807, 2.05) is 43.4 Å². The maximum absolute atomic E-state index is 12.4. The van der Waals surface area contributed by atoms with E-state index in [0.717, 1.165) is 11.4 Å². The van der Waals surface area contributed by atoms with Gasteiger partial charge in [0, 0.05) is 19.4 Å². The zero-order valence-corrected chi connectivity index (χ0v) is 14.5. The summed E-state index contributed by atoms with van der Waals surface area (Å²) in [5, 5.41) is 15.6. The summed E-state index contributed by atoms with van der Waals surface area (Å²) < 4.78 is 1.70. The molecule has 1 amide bonds. The van der Waals surface area contributed by atoms with Crippen molar-refractivity contribution < 1.29 is 4.79 Å². The lowest BCUT2D eigenvalue weighted by atomic mass is 10.3. The van der Waals surface area contributed by atoms with E-state index in [0.29, 0.717) is 17.9 Å². The van der Waals surface area contributed by atoms with Crippen LogP contribution in [0.4, 0.5) is 0 Å². The Labute approximate surface area is 154 Å². The predicted octanol–water partition coefficient (Wildman–Crippen LogP) is 1.39. The zero-order chi connectivity index (χ0) is 18.6. The molecule has 1 aromatic carbocycles. The highest BCUT2D eigenvalue weighted by atomic mass is 16.2. The Hall–Kier alpha value is -3.88. The zero-order valence-electron chi connectivity index (χ0n) is 14.5. The topological polar surface area (TPSA) is 103 Å². The van der Waals surface area contributed by atoms with Crippen molar-refractivity contribution in [3.05, 3.63) is 72.6 Å².